The van der Waals surface area contributed by atoms with E-state index < -0.39 is 12.1 Å². The van der Waals surface area contributed by atoms with E-state index in [1.165, 1.54) is 11.1 Å². The van der Waals surface area contributed by atoms with Crippen molar-refractivity contribution in [3.05, 3.63) is 189 Å². The predicted octanol–water partition coefficient (Wildman–Crippen LogP) is 8.52. The number of benzene rings is 6. The quantitative estimate of drug-likeness (QED) is 0.0563. The van der Waals surface area contributed by atoms with Gasteiger partial charge in [0.25, 0.3) is 0 Å². The second-order valence-electron chi connectivity index (χ2n) is 24.4. The zero-order valence-corrected chi connectivity index (χ0v) is 52.9. The van der Waals surface area contributed by atoms with E-state index in [1.807, 2.05) is 124 Å². The van der Waals surface area contributed by atoms with Crippen LogP contribution < -0.4 is 31.1 Å². The number of amides is 4. The van der Waals surface area contributed by atoms with Gasteiger partial charge in [0.1, 0.15) is 12.1 Å². The van der Waals surface area contributed by atoms with Gasteiger partial charge in [-0.25, -0.2) is 4.68 Å². The standard InChI is InChI=1S/2C34H39ClN8O2/c1-23(2)22-43-33(38-39-40-43)28-9-5-6-10-31(28)41-15-17-42(18-16-41)34(45)30(19-24-11-13-26(35)14-12-24)37-32(44)20-29-27-8-4-3-7-25(27)21-36-29;1-23(2)22-43-39-33(38-40-43)28-9-5-6-10-31(28)41-15-17-42(18-16-41)34(45)30(19-24-11-13-26(35)14-12-24)37-32(44)20-29-27-8-4-3-7-25(27)21-36-29/h2*3-14,23,29-30,36H,15-22H2,1-2H3,(H,37,44)/t2*29?,30-/m11/s1. The van der Waals surface area contributed by atoms with E-state index in [0.29, 0.717) is 99.4 Å². The Morgan fingerprint density at radius 3 is 1.46 bits per heavy atom. The molecular weight excluding hydrogens is 1180 g/mol. The summed E-state index contributed by atoms with van der Waals surface area (Å²) >= 11 is 12.2. The normalized spacial score (nSPS) is 16.9. The first-order valence-corrected chi connectivity index (χ1v) is 32.0. The zero-order chi connectivity index (χ0) is 62.7. The third kappa shape index (κ3) is 15.7. The van der Waals surface area contributed by atoms with E-state index in [9.17, 15) is 19.2 Å². The molecule has 4 aliphatic heterocycles. The third-order valence-electron chi connectivity index (χ3n) is 16.9. The maximum absolute atomic E-state index is 14.0. The molecule has 0 radical (unpaired) electrons. The van der Waals surface area contributed by atoms with Crippen molar-refractivity contribution in [2.45, 2.75) is 104 Å². The Kier molecular flexibility index (Phi) is 20.6. The lowest BCUT2D eigenvalue weighted by molar-refractivity contribution is -0.137. The molecule has 4 amide bonds. The van der Waals surface area contributed by atoms with Crippen molar-refractivity contribution in [3.8, 4) is 22.8 Å². The molecule has 2 fully saturated rings. The van der Waals surface area contributed by atoms with Gasteiger partial charge in [-0.15, -0.1) is 15.3 Å². The van der Waals surface area contributed by atoms with Crippen molar-refractivity contribution in [3.63, 3.8) is 0 Å². The summed E-state index contributed by atoms with van der Waals surface area (Å²) in [4.78, 5) is 64.6. The Balaban J connectivity index is 0.000000185. The van der Waals surface area contributed by atoms with Crippen molar-refractivity contribution < 1.29 is 19.2 Å². The molecule has 4 atom stereocenters. The fraction of sp³-hybridized carbons (Fsp3) is 0.382. The van der Waals surface area contributed by atoms with Crippen molar-refractivity contribution in [1.29, 1.82) is 0 Å². The summed E-state index contributed by atoms with van der Waals surface area (Å²) in [5.41, 5.74) is 10.5. The number of carbonyl (C=O) groups excluding carboxylic acids is 4. The van der Waals surface area contributed by atoms with Crippen molar-refractivity contribution in [1.82, 2.24) is 71.5 Å². The highest BCUT2D eigenvalue weighted by Gasteiger charge is 2.34. The molecule has 0 spiro atoms. The molecule has 2 aromatic heterocycles. The number of halogens is 2. The molecule has 4 aliphatic rings. The maximum Gasteiger partial charge on any atom is 0.245 e. The molecule has 22 heteroatoms. The second kappa shape index (κ2) is 29.4. The molecular formula is C68H78Cl2N16O4. The molecule has 2 unspecified atom stereocenters. The van der Waals surface area contributed by atoms with E-state index >= 15 is 0 Å². The molecule has 6 aromatic carbocycles. The highest BCUT2D eigenvalue weighted by Crippen LogP contribution is 2.33. The van der Waals surface area contributed by atoms with Crippen LogP contribution in [0.1, 0.15) is 86.0 Å². The van der Waals surface area contributed by atoms with Crippen LogP contribution in [0, 0.1) is 11.8 Å². The van der Waals surface area contributed by atoms with Gasteiger partial charge in [0.05, 0.1) is 6.54 Å². The van der Waals surface area contributed by atoms with Crippen molar-refractivity contribution in [2.75, 3.05) is 62.2 Å². The molecule has 4 N–H and O–H groups in total. The van der Waals surface area contributed by atoms with Gasteiger partial charge >= 0.3 is 0 Å². The molecule has 0 saturated carbocycles. The highest BCUT2D eigenvalue weighted by molar-refractivity contribution is 6.30. The van der Waals surface area contributed by atoms with Gasteiger partial charge in [0, 0.05) is 142 Å². The van der Waals surface area contributed by atoms with E-state index in [1.54, 1.807) is 4.80 Å². The minimum Gasteiger partial charge on any atom is -0.367 e. The van der Waals surface area contributed by atoms with E-state index in [0.717, 1.165) is 70.2 Å². The number of rotatable bonds is 20. The third-order valence-corrected chi connectivity index (χ3v) is 17.4. The van der Waals surface area contributed by atoms with Gasteiger partial charge in [-0.3, -0.25) is 19.2 Å². The summed E-state index contributed by atoms with van der Waals surface area (Å²) in [6.45, 7) is 16.2. The molecule has 0 bridgehead atoms. The minimum atomic E-state index is -0.686. The number of piperazine rings is 2. The topological polar surface area (TPSA) is 217 Å². The largest absolute Gasteiger partial charge is 0.367 e. The fourth-order valence-electron chi connectivity index (χ4n) is 12.4. The molecule has 0 aliphatic carbocycles. The number of hydrogen-bond acceptors (Lipinski definition) is 14. The summed E-state index contributed by atoms with van der Waals surface area (Å²) < 4.78 is 1.85. The fourth-order valence-corrected chi connectivity index (χ4v) is 12.6. The van der Waals surface area contributed by atoms with Crippen LogP contribution in [0.4, 0.5) is 11.4 Å². The van der Waals surface area contributed by atoms with Gasteiger partial charge in [-0.2, -0.15) is 4.80 Å². The smallest absolute Gasteiger partial charge is 0.245 e. The highest BCUT2D eigenvalue weighted by atomic mass is 35.5. The predicted molar refractivity (Wildman–Crippen MR) is 349 cm³/mol. The molecule has 12 rings (SSSR count). The van der Waals surface area contributed by atoms with Crippen LogP contribution >= 0.6 is 23.2 Å². The summed E-state index contributed by atoms with van der Waals surface area (Å²) in [5, 5.41) is 40.0. The molecule has 20 nitrogen and oxygen atoms in total. The monoisotopic (exact) mass is 1250 g/mol. The van der Waals surface area contributed by atoms with Gasteiger partial charge in [-0.05, 0) is 109 Å². The number of hydrogen-bond donors (Lipinski definition) is 4. The first-order valence-electron chi connectivity index (χ1n) is 31.2. The number of anilines is 2. The van der Waals surface area contributed by atoms with E-state index in [-0.39, 0.29) is 48.6 Å². The summed E-state index contributed by atoms with van der Waals surface area (Å²) in [5.74, 6) is 1.69. The molecule has 8 aromatic rings. The molecule has 468 valence electrons. The first kappa shape index (κ1) is 63.0. The Labute approximate surface area is 535 Å². The van der Waals surface area contributed by atoms with Crippen LogP contribution in [0.25, 0.3) is 22.8 Å². The van der Waals surface area contributed by atoms with Crippen LogP contribution in [0.5, 0.6) is 0 Å². The van der Waals surface area contributed by atoms with Crippen molar-refractivity contribution in [2.24, 2.45) is 11.8 Å². The SMILES string of the molecule is CC(C)Cn1nnc(-c2ccccc2N2CCN(C(=O)[C@@H](Cc3ccc(Cl)cc3)NC(=O)CC3NCc4ccccc43)CC2)n1.CC(C)Cn1nnnc1-c1ccccc1N1CCN(C(=O)[C@@H](Cc2ccc(Cl)cc2)NC(=O)CC2NCc3ccccc32)CC1. The van der Waals surface area contributed by atoms with Gasteiger partial charge in [0.15, 0.2) is 5.82 Å². The van der Waals surface area contributed by atoms with E-state index in [2.05, 4.69) is 126 Å². The maximum atomic E-state index is 14.0. The molecule has 90 heavy (non-hydrogen) atoms. The zero-order valence-electron chi connectivity index (χ0n) is 51.4. The average molecular weight is 1250 g/mol. The number of fused-ring (bicyclic) bond motifs is 2. The Morgan fingerprint density at radius 1 is 0.522 bits per heavy atom. The summed E-state index contributed by atoms with van der Waals surface area (Å²) in [6.07, 6.45) is 1.30. The summed E-state index contributed by atoms with van der Waals surface area (Å²) in [6, 6.07) is 45.9. The van der Waals surface area contributed by atoms with Gasteiger partial charge < -0.3 is 40.9 Å². The van der Waals surface area contributed by atoms with Gasteiger partial charge in [-0.1, -0.05) is 148 Å². The average Bonchev–Trinajstić information content (AvgIpc) is 2.23. The van der Waals surface area contributed by atoms with Crippen LogP contribution in [-0.4, -0.2) is 138 Å². The lowest BCUT2D eigenvalue weighted by atomic mass is 10.0. The minimum absolute atomic E-state index is 0.0716. The van der Waals surface area contributed by atoms with E-state index in [4.69, 9.17) is 23.2 Å². The number of tetrazole rings is 2. The number of nitrogens with one attached hydrogen (secondary N) is 4. The Hall–Kier alpha value is -8.56. The van der Waals surface area contributed by atoms with Crippen LogP contribution in [-0.2, 0) is 58.2 Å². The van der Waals surface area contributed by atoms with Gasteiger partial charge in [0.2, 0.25) is 29.5 Å². The van der Waals surface area contributed by atoms with Crippen LogP contribution in [0.3, 0.4) is 0 Å². The Morgan fingerprint density at radius 2 is 0.967 bits per heavy atom. The number of aromatic nitrogens is 8. The lowest BCUT2D eigenvalue weighted by Gasteiger charge is -2.38. The molecule has 6 heterocycles. The second-order valence-corrected chi connectivity index (χ2v) is 25.2. The Bertz CT molecular complexity index is 3750. The first-order chi connectivity index (χ1) is 43.7. The lowest BCUT2D eigenvalue weighted by Crippen LogP contribution is -2.55. The number of carbonyl (C=O) groups is 4. The number of para-hydroxylation sites is 2. The summed E-state index contributed by atoms with van der Waals surface area (Å²) in [7, 11) is 0. The van der Waals surface area contributed by atoms with Crippen LogP contribution in [0.2, 0.25) is 10.0 Å². The van der Waals surface area contributed by atoms with Crippen molar-refractivity contribution >= 4 is 58.2 Å². The molecule has 2 saturated heterocycles. The van der Waals surface area contributed by atoms with Crippen LogP contribution in [0.15, 0.2) is 146 Å². The number of nitrogens with zero attached hydrogens (tertiary/aromatic N) is 12.